The van der Waals surface area contributed by atoms with Crippen LogP contribution in [-0.4, -0.2) is 32.2 Å². The van der Waals surface area contributed by atoms with Crippen molar-refractivity contribution in [3.63, 3.8) is 0 Å². The molecule has 1 amide bonds. The van der Waals surface area contributed by atoms with E-state index in [0.717, 1.165) is 22.2 Å². The molecule has 156 valence electrons. The van der Waals surface area contributed by atoms with E-state index >= 15 is 0 Å². The summed E-state index contributed by atoms with van der Waals surface area (Å²) in [6, 6.07) is 22.4. The fourth-order valence-corrected chi connectivity index (χ4v) is 3.34. The number of pyridine rings is 1. The number of ether oxygens (including phenoxy) is 3. The molecule has 1 N–H and O–H groups in total. The second-order valence-electron chi connectivity index (χ2n) is 6.86. The molecule has 0 spiro atoms. The van der Waals surface area contributed by atoms with Crippen molar-refractivity contribution in [3.8, 4) is 28.5 Å². The molecule has 1 heterocycles. The van der Waals surface area contributed by atoms with Gasteiger partial charge in [-0.1, -0.05) is 30.3 Å². The molecule has 0 atom stereocenters. The van der Waals surface area contributed by atoms with Crippen LogP contribution >= 0.6 is 0 Å². The topological polar surface area (TPSA) is 69.7 Å². The maximum atomic E-state index is 12.8. The van der Waals surface area contributed by atoms with Gasteiger partial charge in [0.05, 0.1) is 32.5 Å². The monoisotopic (exact) mass is 414 g/mol. The third kappa shape index (κ3) is 4.28. The quantitative estimate of drug-likeness (QED) is 0.471. The summed E-state index contributed by atoms with van der Waals surface area (Å²) >= 11 is 0. The van der Waals surface area contributed by atoms with E-state index in [1.54, 1.807) is 39.5 Å². The second kappa shape index (κ2) is 8.75. The minimum absolute atomic E-state index is 0.274. The molecule has 0 unspecified atom stereocenters. The highest BCUT2D eigenvalue weighted by Crippen LogP contribution is 2.32. The molecule has 0 aliphatic rings. The molecule has 0 radical (unpaired) electrons. The molecular weight excluding hydrogens is 392 g/mol. The summed E-state index contributed by atoms with van der Waals surface area (Å²) in [6.07, 6.45) is 0. The zero-order valence-corrected chi connectivity index (χ0v) is 17.5. The first kappa shape index (κ1) is 20.2. The summed E-state index contributed by atoms with van der Waals surface area (Å²) in [6.45, 7) is 0. The van der Waals surface area contributed by atoms with Crippen LogP contribution in [0.3, 0.4) is 0 Å². The number of nitrogens with zero attached hydrogens (tertiary/aromatic N) is 1. The highest BCUT2D eigenvalue weighted by molar-refractivity contribution is 6.06. The predicted molar refractivity (Wildman–Crippen MR) is 121 cm³/mol. The van der Waals surface area contributed by atoms with Crippen LogP contribution in [0.1, 0.15) is 10.4 Å². The van der Waals surface area contributed by atoms with Gasteiger partial charge in [-0.3, -0.25) is 4.79 Å². The Kier molecular flexibility index (Phi) is 5.71. The van der Waals surface area contributed by atoms with E-state index in [0.29, 0.717) is 28.5 Å². The number of hydrogen-bond acceptors (Lipinski definition) is 5. The SMILES string of the molecule is COc1cc(OC)cc(C(=O)Nc2ccc3nc(-c4ccccc4)cc(OC)c3c2)c1. The number of carbonyl (C=O) groups excluding carboxylic acids is 1. The second-order valence-corrected chi connectivity index (χ2v) is 6.86. The van der Waals surface area contributed by atoms with Crippen LogP contribution in [0, 0.1) is 0 Å². The van der Waals surface area contributed by atoms with Crippen molar-refractivity contribution in [1.82, 2.24) is 4.98 Å². The van der Waals surface area contributed by atoms with Crippen LogP contribution in [-0.2, 0) is 0 Å². The smallest absolute Gasteiger partial charge is 0.255 e. The van der Waals surface area contributed by atoms with E-state index in [1.165, 1.54) is 0 Å². The number of hydrogen-bond donors (Lipinski definition) is 1. The van der Waals surface area contributed by atoms with Gasteiger partial charge in [0.15, 0.2) is 0 Å². The van der Waals surface area contributed by atoms with E-state index < -0.39 is 0 Å². The van der Waals surface area contributed by atoms with Gasteiger partial charge in [0, 0.05) is 34.3 Å². The van der Waals surface area contributed by atoms with Crippen LogP contribution in [0.4, 0.5) is 5.69 Å². The molecule has 0 bridgehead atoms. The molecule has 3 aromatic carbocycles. The Morgan fingerprint density at radius 3 is 2.16 bits per heavy atom. The van der Waals surface area contributed by atoms with E-state index in [1.807, 2.05) is 54.6 Å². The lowest BCUT2D eigenvalue weighted by atomic mass is 10.1. The van der Waals surface area contributed by atoms with Gasteiger partial charge in [0.2, 0.25) is 0 Å². The molecule has 0 aliphatic carbocycles. The summed E-state index contributed by atoms with van der Waals surface area (Å²) in [5, 5.41) is 3.73. The molecule has 1 aromatic heterocycles. The summed E-state index contributed by atoms with van der Waals surface area (Å²) in [4.78, 5) is 17.6. The first-order chi connectivity index (χ1) is 15.1. The Hall–Kier alpha value is -4.06. The number of anilines is 1. The van der Waals surface area contributed by atoms with Crippen molar-refractivity contribution < 1.29 is 19.0 Å². The number of rotatable bonds is 6. The van der Waals surface area contributed by atoms with E-state index in [2.05, 4.69) is 5.32 Å². The van der Waals surface area contributed by atoms with Gasteiger partial charge in [-0.25, -0.2) is 4.98 Å². The molecular formula is C25H22N2O4. The number of methoxy groups -OCH3 is 3. The average molecular weight is 414 g/mol. The highest BCUT2D eigenvalue weighted by Gasteiger charge is 2.13. The average Bonchev–Trinajstić information content (AvgIpc) is 2.83. The number of amides is 1. The number of carbonyl (C=O) groups is 1. The zero-order valence-electron chi connectivity index (χ0n) is 17.5. The molecule has 31 heavy (non-hydrogen) atoms. The van der Waals surface area contributed by atoms with Crippen molar-refractivity contribution in [1.29, 1.82) is 0 Å². The minimum Gasteiger partial charge on any atom is -0.497 e. The normalized spacial score (nSPS) is 10.5. The van der Waals surface area contributed by atoms with Crippen molar-refractivity contribution >= 4 is 22.5 Å². The van der Waals surface area contributed by atoms with Crippen LogP contribution < -0.4 is 19.5 Å². The Morgan fingerprint density at radius 1 is 0.806 bits per heavy atom. The first-order valence-electron chi connectivity index (χ1n) is 9.70. The molecule has 4 rings (SSSR count). The summed E-state index contributed by atoms with van der Waals surface area (Å²) in [5.41, 5.74) is 3.67. The van der Waals surface area contributed by atoms with Crippen molar-refractivity contribution in [3.05, 3.63) is 78.4 Å². The Morgan fingerprint density at radius 2 is 1.52 bits per heavy atom. The van der Waals surface area contributed by atoms with Gasteiger partial charge < -0.3 is 19.5 Å². The third-order valence-electron chi connectivity index (χ3n) is 4.93. The molecule has 0 fully saturated rings. The lowest BCUT2D eigenvalue weighted by molar-refractivity contribution is 0.102. The first-order valence-corrected chi connectivity index (χ1v) is 9.70. The number of nitrogens with one attached hydrogen (secondary N) is 1. The Balaban J connectivity index is 1.67. The lowest BCUT2D eigenvalue weighted by Crippen LogP contribution is -2.12. The van der Waals surface area contributed by atoms with Crippen molar-refractivity contribution in [2.24, 2.45) is 0 Å². The van der Waals surface area contributed by atoms with Gasteiger partial charge in [0.25, 0.3) is 5.91 Å². The van der Waals surface area contributed by atoms with Crippen LogP contribution in [0.5, 0.6) is 17.2 Å². The van der Waals surface area contributed by atoms with Crippen molar-refractivity contribution in [2.75, 3.05) is 26.6 Å². The van der Waals surface area contributed by atoms with Crippen LogP contribution in [0.15, 0.2) is 72.8 Å². The highest BCUT2D eigenvalue weighted by atomic mass is 16.5. The molecule has 6 heteroatoms. The van der Waals surface area contributed by atoms with Gasteiger partial charge in [0.1, 0.15) is 17.2 Å². The molecule has 6 nitrogen and oxygen atoms in total. The van der Waals surface area contributed by atoms with Crippen LogP contribution in [0.25, 0.3) is 22.2 Å². The molecule has 4 aromatic rings. The molecule has 0 aliphatic heterocycles. The summed E-state index contributed by atoms with van der Waals surface area (Å²) in [5.74, 6) is 1.50. The minimum atomic E-state index is -0.274. The third-order valence-corrected chi connectivity index (χ3v) is 4.93. The predicted octanol–water partition coefficient (Wildman–Crippen LogP) is 5.18. The number of aromatic nitrogens is 1. The largest absolute Gasteiger partial charge is 0.497 e. The van der Waals surface area contributed by atoms with Gasteiger partial charge >= 0.3 is 0 Å². The van der Waals surface area contributed by atoms with E-state index in [-0.39, 0.29) is 5.91 Å². The van der Waals surface area contributed by atoms with Crippen LogP contribution in [0.2, 0.25) is 0 Å². The van der Waals surface area contributed by atoms with E-state index in [4.69, 9.17) is 19.2 Å². The zero-order chi connectivity index (χ0) is 21.8. The van der Waals surface area contributed by atoms with Gasteiger partial charge in [-0.2, -0.15) is 0 Å². The summed E-state index contributed by atoms with van der Waals surface area (Å²) < 4.78 is 16.1. The lowest BCUT2D eigenvalue weighted by Gasteiger charge is -2.12. The number of fused-ring (bicyclic) bond motifs is 1. The Bertz CT molecular complexity index is 1220. The van der Waals surface area contributed by atoms with E-state index in [9.17, 15) is 4.79 Å². The number of benzene rings is 3. The fourth-order valence-electron chi connectivity index (χ4n) is 3.34. The van der Waals surface area contributed by atoms with Gasteiger partial charge in [-0.05, 0) is 30.3 Å². The maximum Gasteiger partial charge on any atom is 0.255 e. The van der Waals surface area contributed by atoms with Gasteiger partial charge in [-0.15, -0.1) is 0 Å². The molecule has 0 saturated heterocycles. The molecule has 0 saturated carbocycles. The Labute approximate surface area is 180 Å². The van der Waals surface area contributed by atoms with Crippen molar-refractivity contribution in [2.45, 2.75) is 0 Å². The fraction of sp³-hybridized carbons (Fsp3) is 0.120. The maximum absolute atomic E-state index is 12.8. The standard InChI is InChI=1S/C25H22N2O4/c1-29-19-11-17(12-20(14-19)30-2)25(28)26-18-9-10-22-21(13-18)24(31-3)15-23(27-22)16-7-5-4-6-8-16/h4-15H,1-3H3,(H,26,28). The summed E-state index contributed by atoms with van der Waals surface area (Å²) in [7, 11) is 4.71.